The summed E-state index contributed by atoms with van der Waals surface area (Å²) in [6, 6.07) is 4.05. The van der Waals surface area contributed by atoms with Gasteiger partial charge in [-0.25, -0.2) is 14.1 Å². The second kappa shape index (κ2) is 13.7. The fourth-order valence-electron chi connectivity index (χ4n) is 4.34. The summed E-state index contributed by atoms with van der Waals surface area (Å²) in [5.41, 5.74) is 11.5. The number of carboxylic acid groups (broad SMARTS) is 1. The van der Waals surface area contributed by atoms with Crippen LogP contribution in [0.15, 0.2) is 34.4 Å². The summed E-state index contributed by atoms with van der Waals surface area (Å²) in [5, 5.41) is 18.8. The third kappa shape index (κ3) is 7.72. The second-order valence-corrected chi connectivity index (χ2v) is 12.6. The number of rotatable bonds is 12. The molecule has 0 unspecified atom stereocenters. The van der Waals surface area contributed by atoms with Crippen LogP contribution in [0.1, 0.15) is 31.0 Å². The normalized spacial score (nSPS) is 21.8. The molecule has 44 heavy (non-hydrogen) atoms. The molecule has 238 valence electrons. The van der Waals surface area contributed by atoms with Crippen molar-refractivity contribution in [3.63, 3.8) is 0 Å². The average Bonchev–Trinajstić information content (AvgIpc) is 3.30. The number of nitrogen functional groups attached to an aromatic ring is 1. The van der Waals surface area contributed by atoms with Crippen molar-refractivity contribution in [2.75, 3.05) is 25.4 Å². The Morgan fingerprint density at radius 3 is 2.59 bits per heavy atom. The fourth-order valence-corrected chi connectivity index (χ4v) is 6.15. The summed E-state index contributed by atoms with van der Waals surface area (Å²) in [6.07, 6.45) is 0.221. The van der Waals surface area contributed by atoms with Crippen molar-refractivity contribution >= 4 is 67.7 Å². The maximum absolute atomic E-state index is 13.1. The molecule has 17 nitrogen and oxygen atoms in total. The molecule has 1 aromatic carbocycles. The molecule has 3 heterocycles. The number of aromatic nitrogens is 1. The second-order valence-electron chi connectivity index (χ2n) is 9.70. The van der Waals surface area contributed by atoms with E-state index in [1.807, 2.05) is 0 Å². The van der Waals surface area contributed by atoms with Gasteiger partial charge in [0.15, 0.2) is 10.8 Å². The molecule has 0 radical (unpaired) electrons. The van der Waals surface area contributed by atoms with Crippen LogP contribution in [0.5, 0.6) is 5.75 Å². The van der Waals surface area contributed by atoms with Crippen molar-refractivity contribution in [2.24, 2.45) is 15.9 Å². The van der Waals surface area contributed by atoms with Crippen molar-refractivity contribution in [1.82, 2.24) is 19.9 Å². The first-order valence-electron chi connectivity index (χ1n) is 13.0. The van der Waals surface area contributed by atoms with E-state index in [1.54, 1.807) is 24.3 Å². The molecule has 2 aliphatic heterocycles. The Morgan fingerprint density at radius 1 is 1.34 bits per heavy atom. The Balaban J connectivity index is 1.45. The number of thiazole rings is 1. The summed E-state index contributed by atoms with van der Waals surface area (Å²) in [6.45, 7) is 2.42. The number of benzene rings is 1. The lowest BCUT2D eigenvalue weighted by Gasteiger charge is -2.42. The highest BCUT2D eigenvalue weighted by Gasteiger charge is 2.51. The van der Waals surface area contributed by atoms with Crippen LogP contribution in [0, 0.1) is 0 Å². The van der Waals surface area contributed by atoms with Crippen LogP contribution in [0.4, 0.5) is 5.13 Å². The summed E-state index contributed by atoms with van der Waals surface area (Å²) < 4.78 is 37.6. The van der Waals surface area contributed by atoms with Gasteiger partial charge in [0.2, 0.25) is 0 Å². The highest BCUT2D eigenvalue weighted by Crippen LogP contribution is 2.28. The van der Waals surface area contributed by atoms with Crippen molar-refractivity contribution in [3.8, 4) is 5.75 Å². The molecule has 1 aromatic heterocycles. The number of amidine groups is 1. The fraction of sp³-hybridized carbons (Fsp3) is 0.417. The predicted molar refractivity (Wildman–Crippen MR) is 159 cm³/mol. The number of oxime groups is 1. The van der Waals surface area contributed by atoms with E-state index in [0.29, 0.717) is 11.4 Å². The van der Waals surface area contributed by atoms with E-state index >= 15 is 0 Å². The van der Waals surface area contributed by atoms with Crippen LogP contribution >= 0.6 is 22.9 Å². The molecule has 0 bridgehead atoms. The number of aliphatic imine (C=N–C) groups is 1. The van der Waals surface area contributed by atoms with Crippen LogP contribution in [0.25, 0.3) is 0 Å². The van der Waals surface area contributed by atoms with Gasteiger partial charge in [-0.2, -0.15) is 8.42 Å². The maximum Gasteiger partial charge on any atom is 0.362 e. The number of β-lactam (4-membered cyclic amide) rings is 1. The number of hydrogen-bond acceptors (Lipinski definition) is 13. The van der Waals surface area contributed by atoms with Crippen LogP contribution in [-0.2, 0) is 29.5 Å². The van der Waals surface area contributed by atoms with E-state index in [1.165, 1.54) is 6.92 Å². The topological polar surface area (TPSA) is 261 Å². The first kappa shape index (κ1) is 32.9. The van der Waals surface area contributed by atoms with Crippen molar-refractivity contribution < 1.29 is 42.0 Å². The molecule has 0 aliphatic carbocycles. The molecule has 8 N–H and O–H groups in total. The van der Waals surface area contributed by atoms with Crippen LogP contribution in [0.2, 0.25) is 4.34 Å². The van der Waals surface area contributed by atoms with Gasteiger partial charge in [-0.15, -0.1) is 0 Å². The molecular formula is C24H29ClN8O9S2. The lowest BCUT2D eigenvalue weighted by Crippen LogP contribution is -2.71. The molecular weight excluding hydrogens is 644 g/mol. The number of aliphatic carboxylic acids is 1. The molecule has 2 aromatic rings. The first-order chi connectivity index (χ1) is 20.8. The van der Waals surface area contributed by atoms with Crippen LogP contribution < -0.4 is 26.8 Å². The summed E-state index contributed by atoms with van der Waals surface area (Å²) in [7, 11) is -4.85. The van der Waals surface area contributed by atoms with E-state index in [2.05, 4.69) is 25.8 Å². The lowest BCUT2D eigenvalue weighted by molar-refractivity contribution is -0.152. The number of carbonyl (C=O) groups excluding carboxylic acids is 2. The number of piperidine rings is 1. The average molecular weight is 673 g/mol. The van der Waals surface area contributed by atoms with Crippen molar-refractivity contribution in [1.29, 1.82) is 0 Å². The van der Waals surface area contributed by atoms with Gasteiger partial charge >= 0.3 is 16.3 Å². The van der Waals surface area contributed by atoms with Crippen molar-refractivity contribution in [2.45, 2.75) is 44.0 Å². The van der Waals surface area contributed by atoms with Gasteiger partial charge in [-0.3, -0.25) is 19.1 Å². The van der Waals surface area contributed by atoms with Crippen molar-refractivity contribution in [3.05, 3.63) is 39.9 Å². The predicted octanol–water partition coefficient (Wildman–Crippen LogP) is -0.393. The van der Waals surface area contributed by atoms with Gasteiger partial charge < -0.3 is 36.8 Å². The van der Waals surface area contributed by atoms with E-state index in [4.69, 9.17) is 32.6 Å². The Labute approximate surface area is 260 Å². The number of nitrogens with zero attached hydrogens (tertiary/aromatic N) is 4. The monoisotopic (exact) mass is 672 g/mol. The minimum absolute atomic E-state index is 0.0567. The number of anilines is 1. The number of hydrogen-bond donors (Lipinski definition) is 6. The Morgan fingerprint density at radius 2 is 2.05 bits per heavy atom. The number of ether oxygens (including phenoxy) is 1. The molecule has 2 fully saturated rings. The number of carboxylic acids is 1. The minimum atomic E-state index is -4.85. The number of amides is 2. The molecule has 0 spiro atoms. The SMILES string of the molecule is C[C@H]1[C@H](NC(=O)/C(=N\O[C@@H](COc2ccc(C(N)=N[C@@H]3CCCNC3)cc2)C(=O)O)c2nc(N)sc2Cl)C(=O)N1S(=O)(=O)O. The maximum atomic E-state index is 13.1. The number of halogens is 1. The van der Waals surface area contributed by atoms with Gasteiger partial charge in [-0.05, 0) is 50.6 Å². The highest BCUT2D eigenvalue weighted by molar-refractivity contribution is 7.84. The van der Waals surface area contributed by atoms with Gasteiger partial charge in [0.1, 0.15) is 34.3 Å². The zero-order valence-electron chi connectivity index (χ0n) is 23.0. The smallest absolute Gasteiger partial charge is 0.362 e. The molecule has 2 aliphatic rings. The molecule has 2 amide bonds. The molecule has 4 rings (SSSR count). The quantitative estimate of drug-likeness (QED) is 0.0552. The van der Waals surface area contributed by atoms with Gasteiger partial charge in [-0.1, -0.05) is 28.1 Å². The first-order valence-corrected chi connectivity index (χ1v) is 15.6. The summed E-state index contributed by atoms with van der Waals surface area (Å²) in [4.78, 5) is 50.8. The number of carbonyl (C=O) groups is 3. The van der Waals surface area contributed by atoms with Gasteiger partial charge in [0.05, 0.1) is 12.1 Å². The minimum Gasteiger partial charge on any atom is -0.489 e. The van der Waals surface area contributed by atoms with Gasteiger partial charge in [0.25, 0.3) is 17.9 Å². The third-order valence-electron chi connectivity index (χ3n) is 6.60. The van der Waals surface area contributed by atoms with E-state index < -0.39 is 58.6 Å². The molecule has 20 heteroatoms. The molecule has 4 atom stereocenters. The zero-order valence-corrected chi connectivity index (χ0v) is 25.4. The lowest BCUT2D eigenvalue weighted by atomic mass is 10.0. The zero-order chi connectivity index (χ0) is 32.2. The van der Waals surface area contributed by atoms with Gasteiger partial charge in [0, 0.05) is 12.1 Å². The standard InChI is InChI=1S/C24H29ClN8O9S2/c1-11-16(22(35)33(11)44(38,39)40)30-21(34)18(17-19(25)43-24(27)31-17)32-42-15(23(36)37)10-41-14-6-4-12(5-7-14)20(26)29-13-3-2-8-28-9-13/h4-7,11,13,15-16,28H,2-3,8-10H2,1H3,(H2,26,29)(H2,27,31)(H,30,34)(H,36,37)(H,38,39,40)/b32-18-/t11-,13+,15-,16-/m0/s1. The number of nitrogens with one attached hydrogen (secondary N) is 2. The highest BCUT2D eigenvalue weighted by atomic mass is 35.5. The molecule has 2 saturated heterocycles. The molecule has 0 saturated carbocycles. The van der Waals surface area contributed by atoms with Crippen LogP contribution in [0.3, 0.4) is 0 Å². The van der Waals surface area contributed by atoms with E-state index in [9.17, 15) is 32.5 Å². The summed E-state index contributed by atoms with van der Waals surface area (Å²) in [5.74, 6) is -3.06. The Bertz CT molecular complexity index is 1580. The third-order valence-corrected chi connectivity index (χ3v) is 8.70. The van der Waals surface area contributed by atoms with E-state index in [0.717, 1.165) is 37.3 Å². The largest absolute Gasteiger partial charge is 0.489 e. The Hall–Kier alpha value is -4.04. The number of nitrogens with two attached hydrogens (primary N) is 2. The van der Waals surface area contributed by atoms with E-state index in [-0.39, 0.29) is 31.3 Å². The van der Waals surface area contributed by atoms with Crippen LogP contribution in [-0.4, -0.2) is 101 Å². The summed E-state index contributed by atoms with van der Waals surface area (Å²) >= 11 is 6.91. The Kier molecular flexibility index (Phi) is 10.3.